The Balaban J connectivity index is 1.86. The van der Waals surface area contributed by atoms with Crippen LogP contribution in [0.5, 0.6) is 5.75 Å². The molecule has 0 radical (unpaired) electrons. The highest BCUT2D eigenvalue weighted by atomic mass is 35.5. The summed E-state index contributed by atoms with van der Waals surface area (Å²) in [6.07, 6.45) is 1.48. The number of aryl methyl sites for hydroxylation is 1. The van der Waals surface area contributed by atoms with Crippen molar-refractivity contribution in [2.45, 2.75) is 13.8 Å². The Morgan fingerprint density at radius 3 is 2.74 bits per heavy atom. The third-order valence-electron chi connectivity index (χ3n) is 3.26. The summed E-state index contributed by atoms with van der Waals surface area (Å²) in [6, 6.07) is 10.8. The Labute approximate surface area is 145 Å². The van der Waals surface area contributed by atoms with Crippen LogP contribution in [0.4, 0.5) is 0 Å². The maximum Gasteiger partial charge on any atom is 0.277 e. The fourth-order valence-electron chi connectivity index (χ4n) is 1.83. The second kappa shape index (κ2) is 7.99. The van der Waals surface area contributed by atoms with Crippen molar-refractivity contribution >= 4 is 35.3 Å². The van der Waals surface area contributed by atoms with Crippen LogP contribution in [0.15, 0.2) is 41.5 Å². The molecule has 6 heteroatoms. The van der Waals surface area contributed by atoms with Gasteiger partial charge in [-0.15, -0.1) is 0 Å². The number of hydrazone groups is 1. The van der Waals surface area contributed by atoms with Crippen LogP contribution < -0.4 is 10.2 Å². The number of hydrogen-bond acceptors (Lipinski definition) is 3. The lowest BCUT2D eigenvalue weighted by Crippen LogP contribution is -2.24. The van der Waals surface area contributed by atoms with Crippen LogP contribution in [-0.2, 0) is 4.79 Å². The lowest BCUT2D eigenvalue weighted by Gasteiger charge is -2.09. The summed E-state index contributed by atoms with van der Waals surface area (Å²) in [6.45, 7) is 3.83. The third-order valence-corrected chi connectivity index (χ3v) is 4.00. The van der Waals surface area contributed by atoms with Gasteiger partial charge in [-0.1, -0.05) is 41.4 Å². The van der Waals surface area contributed by atoms with E-state index in [-0.39, 0.29) is 12.5 Å². The van der Waals surface area contributed by atoms with Gasteiger partial charge in [0.25, 0.3) is 5.91 Å². The number of carbonyl (C=O) groups excluding carboxylic acids is 1. The number of nitrogens with one attached hydrogen (secondary N) is 1. The van der Waals surface area contributed by atoms with Crippen LogP contribution in [0.3, 0.4) is 0 Å². The summed E-state index contributed by atoms with van der Waals surface area (Å²) in [5, 5.41) is 4.76. The SMILES string of the molecule is Cc1cccc(OCC(=O)N/N=C\c2ccc(Cl)c(Cl)c2)c1C. The number of hydrogen-bond donors (Lipinski definition) is 1. The Bertz CT molecular complexity index is 745. The predicted octanol–water partition coefficient (Wildman–Crippen LogP) is 4.14. The van der Waals surface area contributed by atoms with E-state index in [2.05, 4.69) is 10.5 Å². The first kappa shape index (κ1) is 17.3. The van der Waals surface area contributed by atoms with Crippen molar-refractivity contribution in [1.82, 2.24) is 5.43 Å². The van der Waals surface area contributed by atoms with Gasteiger partial charge >= 0.3 is 0 Å². The quantitative estimate of drug-likeness (QED) is 0.650. The molecule has 0 atom stereocenters. The second-order valence-electron chi connectivity index (χ2n) is 4.95. The summed E-state index contributed by atoms with van der Waals surface area (Å²) in [7, 11) is 0. The molecular weight excluding hydrogens is 335 g/mol. The Kier molecular flexibility index (Phi) is 6.02. The molecule has 2 aromatic carbocycles. The molecule has 0 fully saturated rings. The van der Waals surface area contributed by atoms with Gasteiger partial charge in [-0.25, -0.2) is 5.43 Å². The molecule has 0 aliphatic carbocycles. The number of halogens is 2. The highest BCUT2D eigenvalue weighted by Gasteiger charge is 2.05. The molecular formula is C17H16Cl2N2O2. The van der Waals surface area contributed by atoms with Gasteiger partial charge in [-0.05, 0) is 48.7 Å². The van der Waals surface area contributed by atoms with Crippen molar-refractivity contribution in [3.05, 3.63) is 63.1 Å². The number of nitrogens with zero attached hydrogens (tertiary/aromatic N) is 1. The zero-order valence-electron chi connectivity index (χ0n) is 12.8. The molecule has 0 saturated heterocycles. The smallest absolute Gasteiger partial charge is 0.277 e. The molecule has 1 amide bonds. The van der Waals surface area contributed by atoms with Crippen molar-refractivity contribution in [2.24, 2.45) is 5.10 Å². The standard InChI is InChI=1S/C17H16Cl2N2O2/c1-11-4-3-5-16(12(11)2)23-10-17(22)21-20-9-13-6-7-14(18)15(19)8-13/h3-9H,10H2,1-2H3,(H,21,22)/b20-9-. The monoisotopic (exact) mass is 350 g/mol. The van der Waals surface area contributed by atoms with Crippen LogP contribution in [-0.4, -0.2) is 18.7 Å². The van der Waals surface area contributed by atoms with Gasteiger partial charge in [0.1, 0.15) is 5.75 Å². The van der Waals surface area contributed by atoms with E-state index in [0.717, 1.165) is 16.7 Å². The van der Waals surface area contributed by atoms with Gasteiger partial charge in [-0.2, -0.15) is 5.10 Å². The Morgan fingerprint density at radius 1 is 1.22 bits per heavy atom. The maximum atomic E-state index is 11.7. The van der Waals surface area contributed by atoms with Gasteiger partial charge in [0, 0.05) is 0 Å². The Hall–Kier alpha value is -2.04. The minimum atomic E-state index is -0.345. The molecule has 0 bridgehead atoms. The molecule has 0 aliphatic rings. The zero-order valence-corrected chi connectivity index (χ0v) is 14.3. The number of carbonyl (C=O) groups is 1. The lowest BCUT2D eigenvalue weighted by atomic mass is 10.1. The molecule has 0 saturated carbocycles. The van der Waals surface area contributed by atoms with E-state index >= 15 is 0 Å². The van der Waals surface area contributed by atoms with E-state index in [0.29, 0.717) is 15.8 Å². The molecule has 1 N–H and O–H groups in total. The fraction of sp³-hybridized carbons (Fsp3) is 0.176. The van der Waals surface area contributed by atoms with E-state index < -0.39 is 0 Å². The number of rotatable bonds is 5. The first-order valence-electron chi connectivity index (χ1n) is 6.93. The minimum Gasteiger partial charge on any atom is -0.483 e. The average Bonchev–Trinajstić information content (AvgIpc) is 2.52. The van der Waals surface area contributed by atoms with Crippen molar-refractivity contribution < 1.29 is 9.53 Å². The molecule has 0 aromatic heterocycles. The molecule has 0 aliphatic heterocycles. The molecule has 120 valence electrons. The van der Waals surface area contributed by atoms with Crippen molar-refractivity contribution in [3.8, 4) is 5.75 Å². The van der Waals surface area contributed by atoms with Crippen LogP contribution in [0.1, 0.15) is 16.7 Å². The molecule has 2 aromatic rings. The first-order valence-corrected chi connectivity index (χ1v) is 7.69. The third kappa shape index (κ3) is 4.98. The minimum absolute atomic E-state index is 0.108. The Morgan fingerprint density at radius 2 is 2.00 bits per heavy atom. The number of amides is 1. The summed E-state index contributed by atoms with van der Waals surface area (Å²) in [5.41, 5.74) is 5.26. The zero-order chi connectivity index (χ0) is 16.8. The summed E-state index contributed by atoms with van der Waals surface area (Å²) >= 11 is 11.7. The predicted molar refractivity (Wildman–Crippen MR) is 93.6 cm³/mol. The molecule has 2 rings (SSSR count). The molecule has 0 spiro atoms. The van der Waals surface area contributed by atoms with Crippen LogP contribution in [0.2, 0.25) is 10.0 Å². The average molecular weight is 351 g/mol. The summed E-state index contributed by atoms with van der Waals surface area (Å²) in [4.78, 5) is 11.7. The molecule has 0 unspecified atom stereocenters. The molecule has 23 heavy (non-hydrogen) atoms. The largest absolute Gasteiger partial charge is 0.483 e. The van der Waals surface area contributed by atoms with Crippen molar-refractivity contribution in [3.63, 3.8) is 0 Å². The van der Waals surface area contributed by atoms with Gasteiger partial charge in [0.05, 0.1) is 16.3 Å². The second-order valence-corrected chi connectivity index (χ2v) is 5.77. The highest BCUT2D eigenvalue weighted by molar-refractivity contribution is 6.42. The molecule has 0 heterocycles. The van der Waals surface area contributed by atoms with E-state index in [1.807, 2.05) is 32.0 Å². The van der Waals surface area contributed by atoms with Gasteiger partial charge in [-0.3, -0.25) is 4.79 Å². The topological polar surface area (TPSA) is 50.7 Å². The number of ether oxygens (including phenoxy) is 1. The van der Waals surface area contributed by atoms with Gasteiger partial charge in [0.2, 0.25) is 0 Å². The summed E-state index contributed by atoms with van der Waals surface area (Å²) < 4.78 is 5.49. The van der Waals surface area contributed by atoms with Crippen LogP contribution >= 0.6 is 23.2 Å². The van der Waals surface area contributed by atoms with Crippen LogP contribution in [0, 0.1) is 13.8 Å². The van der Waals surface area contributed by atoms with E-state index in [1.165, 1.54) is 6.21 Å². The first-order chi connectivity index (χ1) is 11.0. The summed E-state index contributed by atoms with van der Waals surface area (Å²) in [5.74, 6) is 0.343. The normalized spacial score (nSPS) is 10.8. The van der Waals surface area contributed by atoms with Gasteiger partial charge < -0.3 is 4.74 Å². The maximum absolute atomic E-state index is 11.7. The van der Waals surface area contributed by atoms with E-state index in [9.17, 15) is 4.79 Å². The highest BCUT2D eigenvalue weighted by Crippen LogP contribution is 2.22. The van der Waals surface area contributed by atoms with Crippen LogP contribution in [0.25, 0.3) is 0 Å². The number of benzene rings is 2. The molecule has 4 nitrogen and oxygen atoms in total. The fourth-order valence-corrected chi connectivity index (χ4v) is 2.13. The van der Waals surface area contributed by atoms with E-state index in [1.54, 1.807) is 18.2 Å². The van der Waals surface area contributed by atoms with E-state index in [4.69, 9.17) is 27.9 Å². The van der Waals surface area contributed by atoms with Gasteiger partial charge in [0.15, 0.2) is 6.61 Å². The lowest BCUT2D eigenvalue weighted by molar-refractivity contribution is -0.123. The van der Waals surface area contributed by atoms with Crippen molar-refractivity contribution in [2.75, 3.05) is 6.61 Å². The van der Waals surface area contributed by atoms with Crippen molar-refractivity contribution in [1.29, 1.82) is 0 Å².